The standard InChI is InChI=1S/C20H24NO2.HI/c1-14-7-6-8-15-17-13-21(2,3)12-11-20(17,22)16-9-4-5-10-18(16)23-19(14)15;/h4-10,17,22H,11-13H2,1-3H3;1H/q+1;/p-1/t17-,20-;/m1./s1. The van der Waals surface area contributed by atoms with E-state index >= 15 is 0 Å². The van der Waals surface area contributed by atoms with Gasteiger partial charge >= 0.3 is 0 Å². The van der Waals surface area contributed by atoms with E-state index in [0.717, 1.165) is 52.2 Å². The van der Waals surface area contributed by atoms with E-state index in [-0.39, 0.29) is 29.9 Å². The van der Waals surface area contributed by atoms with Gasteiger partial charge in [0.25, 0.3) is 0 Å². The van der Waals surface area contributed by atoms with Crippen LogP contribution in [0.5, 0.6) is 11.5 Å². The summed E-state index contributed by atoms with van der Waals surface area (Å²) in [7, 11) is 4.49. The summed E-state index contributed by atoms with van der Waals surface area (Å²) in [4.78, 5) is 0. The van der Waals surface area contributed by atoms with E-state index in [1.165, 1.54) is 0 Å². The summed E-state index contributed by atoms with van der Waals surface area (Å²) in [5, 5.41) is 11.7. The molecule has 0 radical (unpaired) electrons. The van der Waals surface area contributed by atoms with Crippen molar-refractivity contribution in [3.63, 3.8) is 0 Å². The average molecular weight is 437 g/mol. The van der Waals surface area contributed by atoms with Gasteiger partial charge in [0.1, 0.15) is 17.1 Å². The highest BCUT2D eigenvalue weighted by Gasteiger charge is 2.51. The molecule has 0 unspecified atom stereocenters. The lowest BCUT2D eigenvalue weighted by molar-refractivity contribution is -0.899. The van der Waals surface area contributed by atoms with Crippen LogP contribution in [-0.2, 0) is 5.60 Å². The molecular formula is C20H24INO2. The third kappa shape index (κ3) is 2.65. The van der Waals surface area contributed by atoms with Crippen molar-refractivity contribution in [1.82, 2.24) is 0 Å². The Labute approximate surface area is 160 Å². The Morgan fingerprint density at radius 3 is 2.67 bits per heavy atom. The number of quaternary nitrogens is 1. The van der Waals surface area contributed by atoms with Gasteiger partial charge in [0.2, 0.25) is 0 Å². The molecule has 2 heterocycles. The molecule has 4 heteroatoms. The Balaban J connectivity index is 0.00000169. The Bertz CT molecular complexity index is 774. The van der Waals surface area contributed by atoms with Crippen LogP contribution in [-0.4, -0.2) is 36.8 Å². The summed E-state index contributed by atoms with van der Waals surface area (Å²) in [6.45, 7) is 3.95. The first-order valence-corrected chi connectivity index (χ1v) is 8.32. The Hall–Kier alpha value is -1.11. The monoisotopic (exact) mass is 437 g/mol. The Kier molecular flexibility index (Phi) is 4.43. The molecule has 24 heavy (non-hydrogen) atoms. The van der Waals surface area contributed by atoms with Crippen LogP contribution >= 0.6 is 0 Å². The van der Waals surface area contributed by atoms with E-state index in [1.807, 2.05) is 24.3 Å². The van der Waals surface area contributed by atoms with Crippen molar-refractivity contribution in [1.29, 1.82) is 0 Å². The van der Waals surface area contributed by atoms with Crippen molar-refractivity contribution in [3.05, 3.63) is 59.2 Å². The van der Waals surface area contributed by atoms with Crippen molar-refractivity contribution in [2.75, 3.05) is 27.2 Å². The van der Waals surface area contributed by atoms with Crippen molar-refractivity contribution in [2.45, 2.75) is 24.9 Å². The van der Waals surface area contributed by atoms with Gasteiger partial charge in [0.15, 0.2) is 0 Å². The second-order valence-electron chi connectivity index (χ2n) is 7.66. The number of ether oxygens (including phenoxy) is 1. The highest BCUT2D eigenvalue weighted by molar-refractivity contribution is 5.53. The van der Waals surface area contributed by atoms with Crippen LogP contribution in [0.25, 0.3) is 0 Å². The lowest BCUT2D eigenvalue weighted by Gasteiger charge is -2.47. The zero-order valence-corrected chi connectivity index (χ0v) is 16.6. The molecule has 2 aliphatic heterocycles. The van der Waals surface area contributed by atoms with Gasteiger partial charge in [-0.1, -0.05) is 36.4 Å². The molecule has 3 nitrogen and oxygen atoms in total. The molecule has 2 aromatic rings. The summed E-state index contributed by atoms with van der Waals surface area (Å²) in [6, 6.07) is 14.2. The summed E-state index contributed by atoms with van der Waals surface area (Å²) in [5.74, 6) is 1.76. The van der Waals surface area contributed by atoms with E-state index in [4.69, 9.17) is 4.74 Å². The minimum Gasteiger partial charge on any atom is -1.00 e. The molecule has 0 bridgehead atoms. The number of fused-ring (bicyclic) bond motifs is 5. The van der Waals surface area contributed by atoms with Gasteiger partial charge in [0, 0.05) is 17.5 Å². The zero-order valence-electron chi connectivity index (χ0n) is 14.4. The van der Waals surface area contributed by atoms with Gasteiger partial charge < -0.3 is 38.3 Å². The molecule has 128 valence electrons. The SMILES string of the molecule is Cc1cccc2c1Oc1ccccc1[C@]1(O)CC[N+](C)(C)C[C@H]21.[I-]. The largest absolute Gasteiger partial charge is 1.00 e. The number of likely N-dealkylation sites (tertiary alicyclic amines) is 1. The van der Waals surface area contributed by atoms with E-state index in [0.29, 0.717) is 0 Å². The molecule has 1 fully saturated rings. The summed E-state index contributed by atoms with van der Waals surface area (Å²) in [5.41, 5.74) is 2.33. The number of hydrogen-bond acceptors (Lipinski definition) is 2. The minimum absolute atomic E-state index is 0. The highest BCUT2D eigenvalue weighted by atomic mass is 127. The number of hydrogen-bond donors (Lipinski definition) is 1. The molecule has 2 atom stereocenters. The first kappa shape index (κ1) is 17.7. The van der Waals surface area contributed by atoms with E-state index < -0.39 is 5.60 Å². The molecule has 0 aromatic heterocycles. The quantitative estimate of drug-likeness (QED) is 0.482. The third-order valence-corrected chi connectivity index (χ3v) is 5.53. The lowest BCUT2D eigenvalue weighted by atomic mass is 9.72. The number of benzene rings is 2. The normalized spacial score (nSPS) is 26.8. The topological polar surface area (TPSA) is 29.5 Å². The number of halogens is 1. The van der Waals surface area contributed by atoms with Gasteiger partial charge in [-0.3, -0.25) is 0 Å². The summed E-state index contributed by atoms with van der Waals surface area (Å²) >= 11 is 0. The van der Waals surface area contributed by atoms with Crippen LogP contribution in [0.15, 0.2) is 42.5 Å². The number of rotatable bonds is 0. The molecule has 0 amide bonds. The van der Waals surface area contributed by atoms with E-state index in [9.17, 15) is 5.11 Å². The molecular weight excluding hydrogens is 413 g/mol. The van der Waals surface area contributed by atoms with Crippen molar-refractivity contribution in [3.8, 4) is 11.5 Å². The second kappa shape index (κ2) is 6.00. The maximum absolute atomic E-state index is 11.7. The predicted molar refractivity (Wildman–Crippen MR) is 90.8 cm³/mol. The molecule has 2 aliphatic rings. The predicted octanol–water partition coefficient (Wildman–Crippen LogP) is 0.556. The molecule has 0 saturated carbocycles. The fraction of sp³-hybridized carbons (Fsp3) is 0.400. The summed E-state index contributed by atoms with van der Waals surface area (Å²) < 4.78 is 7.21. The number of aliphatic hydroxyl groups is 1. The molecule has 2 aromatic carbocycles. The Morgan fingerprint density at radius 2 is 1.88 bits per heavy atom. The maximum atomic E-state index is 11.7. The van der Waals surface area contributed by atoms with Crippen LogP contribution in [0.4, 0.5) is 0 Å². The molecule has 0 aliphatic carbocycles. The molecule has 1 N–H and O–H groups in total. The molecule has 4 rings (SSSR count). The smallest absolute Gasteiger partial charge is 0.134 e. The lowest BCUT2D eigenvalue weighted by Crippen LogP contribution is -3.00. The van der Waals surface area contributed by atoms with E-state index in [2.05, 4.69) is 39.2 Å². The van der Waals surface area contributed by atoms with Crippen molar-refractivity contribution >= 4 is 0 Å². The summed E-state index contributed by atoms with van der Waals surface area (Å²) in [6.07, 6.45) is 0.748. The fourth-order valence-corrected chi connectivity index (χ4v) is 4.17. The van der Waals surface area contributed by atoms with Gasteiger partial charge in [-0.2, -0.15) is 0 Å². The second-order valence-corrected chi connectivity index (χ2v) is 7.66. The van der Waals surface area contributed by atoms with Crippen molar-refractivity contribution in [2.24, 2.45) is 0 Å². The van der Waals surface area contributed by atoms with Gasteiger partial charge in [0.05, 0.1) is 33.1 Å². The minimum atomic E-state index is -0.858. The highest BCUT2D eigenvalue weighted by Crippen LogP contribution is 2.53. The first-order chi connectivity index (χ1) is 10.9. The van der Waals surface area contributed by atoms with Gasteiger partial charge in [-0.05, 0) is 18.6 Å². The van der Waals surface area contributed by atoms with Crippen LogP contribution in [0, 0.1) is 6.92 Å². The van der Waals surface area contributed by atoms with Crippen LogP contribution in [0.2, 0.25) is 0 Å². The fourth-order valence-electron chi connectivity index (χ4n) is 4.17. The van der Waals surface area contributed by atoms with Crippen molar-refractivity contribution < 1.29 is 38.3 Å². The number of likely N-dealkylation sites (N-methyl/N-ethyl adjacent to an activating group) is 1. The molecule has 0 spiro atoms. The number of aryl methyl sites for hydroxylation is 1. The van der Waals surface area contributed by atoms with Crippen LogP contribution < -0.4 is 28.7 Å². The van der Waals surface area contributed by atoms with E-state index in [1.54, 1.807) is 0 Å². The maximum Gasteiger partial charge on any atom is 0.134 e. The number of nitrogens with zero attached hydrogens (tertiary/aromatic N) is 1. The van der Waals surface area contributed by atoms with Crippen LogP contribution in [0.1, 0.15) is 29.0 Å². The molecule has 1 saturated heterocycles. The number of piperidine rings is 1. The number of para-hydroxylation sites is 2. The third-order valence-electron chi connectivity index (χ3n) is 5.53. The zero-order chi connectivity index (χ0) is 16.2. The van der Waals surface area contributed by atoms with Gasteiger partial charge in [-0.15, -0.1) is 0 Å². The Morgan fingerprint density at radius 1 is 1.12 bits per heavy atom. The van der Waals surface area contributed by atoms with Gasteiger partial charge in [-0.25, -0.2) is 0 Å². The first-order valence-electron chi connectivity index (χ1n) is 8.32. The van der Waals surface area contributed by atoms with Crippen LogP contribution in [0.3, 0.4) is 0 Å². The average Bonchev–Trinajstić information content (AvgIpc) is 2.62.